The Hall–Kier alpha value is -1.38. The van der Waals surface area contributed by atoms with Crippen molar-refractivity contribution in [2.24, 2.45) is 0 Å². The van der Waals surface area contributed by atoms with E-state index in [9.17, 15) is 4.79 Å². The lowest BCUT2D eigenvalue weighted by Gasteiger charge is -2.10. The van der Waals surface area contributed by atoms with Crippen LogP contribution in [0.15, 0.2) is 18.3 Å². The summed E-state index contributed by atoms with van der Waals surface area (Å²) in [6.07, 6.45) is 2.54. The third-order valence-electron chi connectivity index (χ3n) is 1.70. The van der Waals surface area contributed by atoms with Gasteiger partial charge in [-0.25, -0.2) is 0 Å². The van der Waals surface area contributed by atoms with Gasteiger partial charge in [0.15, 0.2) is 0 Å². The molecular weight excluding hydrogens is 152 g/mol. The van der Waals surface area contributed by atoms with E-state index in [1.54, 1.807) is 18.1 Å². The van der Waals surface area contributed by atoms with Crippen molar-refractivity contribution in [1.82, 2.24) is 9.88 Å². The summed E-state index contributed by atoms with van der Waals surface area (Å²) in [7, 11) is 1.74. The summed E-state index contributed by atoms with van der Waals surface area (Å²) in [6, 6.07) is 3.88. The van der Waals surface area contributed by atoms with E-state index in [2.05, 4.69) is 4.98 Å². The number of rotatable bonds is 3. The minimum absolute atomic E-state index is 0.580. The van der Waals surface area contributed by atoms with Crippen LogP contribution in [0.5, 0.6) is 0 Å². The van der Waals surface area contributed by atoms with Crippen LogP contribution >= 0.6 is 0 Å². The van der Waals surface area contributed by atoms with Gasteiger partial charge >= 0.3 is 0 Å². The second-order valence-electron chi connectivity index (χ2n) is 2.79. The van der Waals surface area contributed by atoms with Gasteiger partial charge in [-0.1, -0.05) is 6.07 Å². The summed E-state index contributed by atoms with van der Waals surface area (Å²) in [5.41, 5.74) is 2.07. The van der Waals surface area contributed by atoms with Gasteiger partial charge in [-0.2, -0.15) is 0 Å². The van der Waals surface area contributed by atoms with E-state index in [1.807, 2.05) is 19.1 Å². The first-order valence-corrected chi connectivity index (χ1v) is 3.80. The Morgan fingerprint density at radius 3 is 3.00 bits per heavy atom. The Balaban J connectivity index is 2.75. The highest BCUT2D eigenvalue weighted by Gasteiger charge is 2.00. The highest BCUT2D eigenvalue weighted by molar-refractivity contribution is 5.46. The molecule has 0 saturated heterocycles. The van der Waals surface area contributed by atoms with Crippen LogP contribution in [-0.4, -0.2) is 23.3 Å². The van der Waals surface area contributed by atoms with Crippen LogP contribution in [0.2, 0.25) is 0 Å². The maximum absolute atomic E-state index is 10.3. The summed E-state index contributed by atoms with van der Waals surface area (Å²) in [5, 5.41) is 0. The molecule has 0 atom stereocenters. The smallest absolute Gasteiger partial charge is 0.209 e. The van der Waals surface area contributed by atoms with Gasteiger partial charge in [0.05, 0.1) is 12.2 Å². The molecule has 0 saturated carbocycles. The zero-order chi connectivity index (χ0) is 8.97. The number of carbonyl (C=O) groups excluding carboxylic acids is 1. The van der Waals surface area contributed by atoms with E-state index in [4.69, 9.17) is 0 Å². The first-order valence-electron chi connectivity index (χ1n) is 3.80. The van der Waals surface area contributed by atoms with Crippen molar-refractivity contribution in [2.75, 3.05) is 7.05 Å². The maximum Gasteiger partial charge on any atom is 0.209 e. The van der Waals surface area contributed by atoms with Gasteiger partial charge in [0, 0.05) is 13.2 Å². The quantitative estimate of drug-likeness (QED) is 0.624. The standard InChI is InChI=1S/C9H12N2O/c1-8-4-3-5-10-9(8)6-11(2)7-12/h3-5,7H,6H2,1-2H3. The Labute approximate surface area is 72.0 Å². The molecule has 0 aromatic carbocycles. The zero-order valence-corrected chi connectivity index (χ0v) is 7.32. The number of aromatic nitrogens is 1. The molecule has 0 fully saturated rings. The molecule has 0 aliphatic rings. The Morgan fingerprint density at radius 1 is 1.67 bits per heavy atom. The first-order chi connectivity index (χ1) is 5.74. The minimum Gasteiger partial charge on any atom is -0.342 e. The van der Waals surface area contributed by atoms with Crippen LogP contribution in [0.25, 0.3) is 0 Å². The summed E-state index contributed by atoms with van der Waals surface area (Å²) < 4.78 is 0. The summed E-state index contributed by atoms with van der Waals surface area (Å²) in [5.74, 6) is 0. The number of aryl methyl sites for hydroxylation is 1. The molecule has 1 aromatic rings. The summed E-state index contributed by atoms with van der Waals surface area (Å²) in [4.78, 5) is 16.0. The van der Waals surface area contributed by atoms with E-state index in [1.165, 1.54) is 0 Å². The Bertz CT molecular complexity index is 273. The Kier molecular flexibility index (Phi) is 2.80. The van der Waals surface area contributed by atoms with Crippen molar-refractivity contribution < 1.29 is 4.79 Å². The highest BCUT2D eigenvalue weighted by Crippen LogP contribution is 2.04. The molecule has 64 valence electrons. The lowest BCUT2D eigenvalue weighted by atomic mass is 10.2. The predicted octanol–water partition coefficient (Wildman–Crippen LogP) is 0.978. The molecule has 3 nitrogen and oxygen atoms in total. The van der Waals surface area contributed by atoms with Crippen LogP contribution in [0.1, 0.15) is 11.3 Å². The third kappa shape index (κ3) is 2.05. The Morgan fingerprint density at radius 2 is 2.42 bits per heavy atom. The van der Waals surface area contributed by atoms with Crippen molar-refractivity contribution in [3.8, 4) is 0 Å². The number of pyridine rings is 1. The van der Waals surface area contributed by atoms with Gasteiger partial charge in [-0.15, -0.1) is 0 Å². The van der Waals surface area contributed by atoms with Gasteiger partial charge in [0.2, 0.25) is 6.41 Å². The second kappa shape index (κ2) is 3.85. The van der Waals surface area contributed by atoms with Gasteiger partial charge in [0.1, 0.15) is 0 Å². The van der Waals surface area contributed by atoms with E-state index < -0.39 is 0 Å². The molecule has 0 aliphatic heterocycles. The monoisotopic (exact) mass is 164 g/mol. The van der Waals surface area contributed by atoms with Gasteiger partial charge < -0.3 is 4.90 Å². The van der Waals surface area contributed by atoms with Crippen molar-refractivity contribution in [3.05, 3.63) is 29.6 Å². The fourth-order valence-electron chi connectivity index (χ4n) is 0.957. The molecule has 0 aliphatic carbocycles. The van der Waals surface area contributed by atoms with Crippen LogP contribution in [0, 0.1) is 6.92 Å². The van der Waals surface area contributed by atoms with Gasteiger partial charge in [-0.3, -0.25) is 9.78 Å². The molecule has 1 rings (SSSR count). The third-order valence-corrected chi connectivity index (χ3v) is 1.70. The molecule has 0 radical (unpaired) electrons. The molecule has 0 bridgehead atoms. The SMILES string of the molecule is Cc1cccnc1CN(C)C=O. The van der Waals surface area contributed by atoms with E-state index in [-0.39, 0.29) is 0 Å². The van der Waals surface area contributed by atoms with Gasteiger partial charge in [0.25, 0.3) is 0 Å². The van der Waals surface area contributed by atoms with Crippen LogP contribution in [0.3, 0.4) is 0 Å². The molecule has 0 unspecified atom stereocenters. The fourth-order valence-corrected chi connectivity index (χ4v) is 0.957. The minimum atomic E-state index is 0.580. The predicted molar refractivity (Wildman–Crippen MR) is 46.5 cm³/mol. The lowest BCUT2D eigenvalue weighted by molar-refractivity contribution is -0.117. The maximum atomic E-state index is 10.3. The molecule has 1 amide bonds. The molecule has 3 heteroatoms. The van der Waals surface area contributed by atoms with Crippen molar-refractivity contribution in [3.63, 3.8) is 0 Å². The largest absolute Gasteiger partial charge is 0.342 e. The molecule has 1 heterocycles. The van der Waals surface area contributed by atoms with E-state index >= 15 is 0 Å². The zero-order valence-electron chi connectivity index (χ0n) is 7.32. The van der Waals surface area contributed by atoms with Crippen molar-refractivity contribution >= 4 is 6.41 Å². The average Bonchev–Trinajstić information content (AvgIpc) is 2.09. The highest BCUT2D eigenvalue weighted by atomic mass is 16.1. The number of hydrogen-bond donors (Lipinski definition) is 0. The molecule has 1 aromatic heterocycles. The molecule has 0 spiro atoms. The van der Waals surface area contributed by atoms with Crippen LogP contribution in [-0.2, 0) is 11.3 Å². The molecule has 12 heavy (non-hydrogen) atoms. The summed E-state index contributed by atoms with van der Waals surface area (Å²) in [6.45, 7) is 2.57. The van der Waals surface area contributed by atoms with Crippen LogP contribution in [0.4, 0.5) is 0 Å². The number of carbonyl (C=O) groups is 1. The number of nitrogens with zero attached hydrogens (tertiary/aromatic N) is 2. The number of amides is 1. The van der Waals surface area contributed by atoms with Crippen molar-refractivity contribution in [1.29, 1.82) is 0 Å². The van der Waals surface area contributed by atoms with Crippen LogP contribution < -0.4 is 0 Å². The van der Waals surface area contributed by atoms with E-state index in [0.717, 1.165) is 17.7 Å². The van der Waals surface area contributed by atoms with Crippen molar-refractivity contribution in [2.45, 2.75) is 13.5 Å². The van der Waals surface area contributed by atoms with Gasteiger partial charge in [-0.05, 0) is 18.6 Å². The normalized spacial score (nSPS) is 9.50. The summed E-state index contributed by atoms with van der Waals surface area (Å²) >= 11 is 0. The average molecular weight is 164 g/mol. The molecular formula is C9H12N2O. The fraction of sp³-hybridized carbons (Fsp3) is 0.333. The first kappa shape index (κ1) is 8.71. The molecule has 0 N–H and O–H groups in total. The topological polar surface area (TPSA) is 33.2 Å². The number of hydrogen-bond acceptors (Lipinski definition) is 2. The second-order valence-corrected chi connectivity index (χ2v) is 2.79. The van der Waals surface area contributed by atoms with E-state index in [0.29, 0.717) is 6.54 Å². The lowest BCUT2D eigenvalue weighted by Crippen LogP contribution is -2.16.